The van der Waals surface area contributed by atoms with Crippen LogP contribution in [0.15, 0.2) is 23.9 Å². The molecule has 0 radical (unpaired) electrons. The Balaban J connectivity index is 3.17. The first kappa shape index (κ1) is 12.7. The highest BCUT2D eigenvalue weighted by atomic mass is 16.6. The molecule has 0 aliphatic rings. The van der Waals surface area contributed by atoms with Crippen LogP contribution in [0.5, 0.6) is 5.75 Å². The number of nitro groups is 1. The molecule has 0 amide bonds. The number of esters is 1. The molecule has 1 aromatic rings. The predicted octanol–water partition coefficient (Wildman–Crippen LogP) is 1.82. The molecular formula is C11H11NO5. The van der Waals surface area contributed by atoms with E-state index >= 15 is 0 Å². The molecule has 0 saturated carbocycles. The molecule has 17 heavy (non-hydrogen) atoms. The molecule has 0 fully saturated rings. The standard InChI is InChI=1S/C11H11NO5/c1-7(12(15)16)5-8-3-4-10(13)9(6-8)11(14)17-2/h3-6,13H,1-2H3/b7-5+. The number of rotatable bonds is 3. The van der Waals surface area contributed by atoms with E-state index in [1.807, 2.05) is 0 Å². The Morgan fingerprint density at radius 1 is 1.53 bits per heavy atom. The summed E-state index contributed by atoms with van der Waals surface area (Å²) in [5.74, 6) is -0.927. The first-order valence-corrected chi connectivity index (χ1v) is 4.69. The third-order valence-electron chi connectivity index (χ3n) is 2.09. The molecule has 0 unspecified atom stereocenters. The number of hydrogen-bond acceptors (Lipinski definition) is 5. The topological polar surface area (TPSA) is 89.7 Å². The van der Waals surface area contributed by atoms with Crippen LogP contribution >= 0.6 is 0 Å². The average Bonchev–Trinajstić information content (AvgIpc) is 2.30. The molecule has 0 aromatic heterocycles. The highest BCUT2D eigenvalue weighted by Gasteiger charge is 2.12. The number of methoxy groups -OCH3 is 1. The third kappa shape index (κ3) is 3.04. The molecule has 0 atom stereocenters. The van der Waals surface area contributed by atoms with Crippen molar-refractivity contribution in [3.05, 3.63) is 45.1 Å². The Morgan fingerprint density at radius 2 is 2.18 bits per heavy atom. The maximum atomic E-state index is 11.3. The second-order valence-corrected chi connectivity index (χ2v) is 3.31. The van der Waals surface area contributed by atoms with Crippen LogP contribution in [0, 0.1) is 10.1 Å². The van der Waals surface area contributed by atoms with Crippen LogP contribution in [0.2, 0.25) is 0 Å². The van der Waals surface area contributed by atoms with Crippen LogP contribution in [-0.2, 0) is 4.74 Å². The zero-order valence-corrected chi connectivity index (χ0v) is 9.34. The monoisotopic (exact) mass is 237 g/mol. The van der Waals surface area contributed by atoms with Gasteiger partial charge in [-0.05, 0) is 17.7 Å². The van der Waals surface area contributed by atoms with E-state index in [1.165, 1.54) is 38.3 Å². The van der Waals surface area contributed by atoms with Crippen molar-refractivity contribution in [2.75, 3.05) is 7.11 Å². The van der Waals surface area contributed by atoms with Crippen molar-refractivity contribution in [3.8, 4) is 5.75 Å². The van der Waals surface area contributed by atoms with Crippen molar-refractivity contribution in [2.24, 2.45) is 0 Å². The predicted molar refractivity (Wildman–Crippen MR) is 60.1 cm³/mol. The van der Waals surface area contributed by atoms with Crippen LogP contribution in [0.25, 0.3) is 6.08 Å². The molecule has 6 heteroatoms. The number of ether oxygens (including phenoxy) is 1. The van der Waals surface area contributed by atoms with Crippen LogP contribution in [0.4, 0.5) is 0 Å². The first-order chi connectivity index (χ1) is 7.95. The van der Waals surface area contributed by atoms with Gasteiger partial charge in [-0.25, -0.2) is 4.79 Å². The summed E-state index contributed by atoms with van der Waals surface area (Å²) in [6, 6.07) is 4.08. The Kier molecular flexibility index (Phi) is 3.82. The molecule has 0 aliphatic carbocycles. The van der Waals surface area contributed by atoms with E-state index in [2.05, 4.69) is 4.74 Å². The first-order valence-electron chi connectivity index (χ1n) is 4.69. The third-order valence-corrected chi connectivity index (χ3v) is 2.09. The maximum Gasteiger partial charge on any atom is 0.341 e. The summed E-state index contributed by atoms with van der Waals surface area (Å²) < 4.78 is 4.47. The fourth-order valence-electron chi connectivity index (χ4n) is 1.21. The Bertz CT molecular complexity index is 493. The molecule has 0 bridgehead atoms. The number of carbonyl (C=O) groups is 1. The molecule has 0 spiro atoms. The minimum absolute atomic E-state index is 0.0302. The van der Waals surface area contributed by atoms with E-state index < -0.39 is 10.9 Å². The van der Waals surface area contributed by atoms with Crippen molar-refractivity contribution < 1.29 is 19.6 Å². The van der Waals surface area contributed by atoms with Crippen molar-refractivity contribution in [1.82, 2.24) is 0 Å². The lowest BCUT2D eigenvalue weighted by Crippen LogP contribution is -2.02. The van der Waals surface area contributed by atoms with Gasteiger partial charge < -0.3 is 9.84 Å². The molecule has 1 aromatic carbocycles. The van der Waals surface area contributed by atoms with E-state index in [4.69, 9.17) is 0 Å². The van der Waals surface area contributed by atoms with E-state index in [0.717, 1.165) is 0 Å². The van der Waals surface area contributed by atoms with Crippen LogP contribution in [0.1, 0.15) is 22.8 Å². The molecule has 0 saturated heterocycles. The summed E-state index contributed by atoms with van der Waals surface area (Å²) in [7, 11) is 1.19. The minimum Gasteiger partial charge on any atom is -0.507 e. The fourth-order valence-corrected chi connectivity index (χ4v) is 1.21. The number of carbonyl (C=O) groups excluding carboxylic acids is 1. The van der Waals surface area contributed by atoms with E-state index in [0.29, 0.717) is 5.56 Å². The zero-order valence-electron chi connectivity index (χ0n) is 9.34. The van der Waals surface area contributed by atoms with E-state index in [9.17, 15) is 20.0 Å². The van der Waals surface area contributed by atoms with Gasteiger partial charge in [0.25, 0.3) is 0 Å². The highest BCUT2D eigenvalue weighted by molar-refractivity contribution is 5.93. The summed E-state index contributed by atoms with van der Waals surface area (Å²) in [6.07, 6.45) is 1.30. The smallest absolute Gasteiger partial charge is 0.341 e. The van der Waals surface area contributed by atoms with Gasteiger partial charge in [-0.2, -0.15) is 0 Å². The normalized spacial score (nSPS) is 11.1. The molecule has 6 nitrogen and oxygen atoms in total. The maximum absolute atomic E-state index is 11.3. The second-order valence-electron chi connectivity index (χ2n) is 3.31. The second kappa shape index (κ2) is 5.11. The molecule has 1 N–H and O–H groups in total. The van der Waals surface area contributed by atoms with Gasteiger partial charge in [0, 0.05) is 13.0 Å². The van der Waals surface area contributed by atoms with E-state index in [1.54, 1.807) is 0 Å². The quantitative estimate of drug-likeness (QED) is 0.492. The summed E-state index contributed by atoms with van der Waals surface area (Å²) in [4.78, 5) is 21.2. The van der Waals surface area contributed by atoms with Gasteiger partial charge in [-0.1, -0.05) is 6.07 Å². The van der Waals surface area contributed by atoms with Gasteiger partial charge in [0.1, 0.15) is 11.3 Å². The number of benzene rings is 1. The van der Waals surface area contributed by atoms with Crippen LogP contribution in [0.3, 0.4) is 0 Å². The number of allylic oxidation sites excluding steroid dienone is 1. The number of phenols is 1. The van der Waals surface area contributed by atoms with Crippen molar-refractivity contribution in [1.29, 1.82) is 0 Å². The Labute approximate surface area is 97.3 Å². The summed E-state index contributed by atoms with van der Waals surface area (Å²) >= 11 is 0. The van der Waals surface area contributed by atoms with Gasteiger partial charge in [0.15, 0.2) is 0 Å². The number of phenolic OH excluding ortho intramolecular Hbond substituents is 1. The van der Waals surface area contributed by atoms with Crippen molar-refractivity contribution >= 4 is 12.0 Å². The van der Waals surface area contributed by atoms with E-state index in [-0.39, 0.29) is 17.0 Å². The molecule has 1 rings (SSSR count). The lowest BCUT2D eigenvalue weighted by atomic mass is 10.1. The molecule has 0 heterocycles. The minimum atomic E-state index is -0.698. The highest BCUT2D eigenvalue weighted by Crippen LogP contribution is 2.20. The largest absolute Gasteiger partial charge is 0.507 e. The van der Waals surface area contributed by atoms with Gasteiger partial charge in [0.2, 0.25) is 5.70 Å². The number of hydrogen-bond donors (Lipinski definition) is 1. The van der Waals surface area contributed by atoms with Gasteiger partial charge >= 0.3 is 5.97 Å². The van der Waals surface area contributed by atoms with Gasteiger partial charge in [0.05, 0.1) is 12.0 Å². The fraction of sp³-hybridized carbons (Fsp3) is 0.182. The lowest BCUT2D eigenvalue weighted by molar-refractivity contribution is -0.422. The molecule has 0 aliphatic heterocycles. The Morgan fingerprint density at radius 3 is 2.71 bits per heavy atom. The number of aromatic hydroxyl groups is 1. The summed E-state index contributed by atoms with van der Waals surface area (Å²) in [5, 5.41) is 19.9. The van der Waals surface area contributed by atoms with Crippen LogP contribution < -0.4 is 0 Å². The SMILES string of the molecule is COC(=O)c1cc(/C=C(\C)[N+](=O)[O-])ccc1O. The zero-order chi connectivity index (χ0) is 13.0. The van der Waals surface area contributed by atoms with Crippen molar-refractivity contribution in [2.45, 2.75) is 6.92 Å². The van der Waals surface area contributed by atoms with Gasteiger partial charge in [-0.15, -0.1) is 0 Å². The summed E-state index contributed by atoms with van der Waals surface area (Å²) in [6.45, 7) is 1.34. The average molecular weight is 237 g/mol. The Hall–Kier alpha value is -2.37. The van der Waals surface area contributed by atoms with Gasteiger partial charge in [-0.3, -0.25) is 10.1 Å². The molecular weight excluding hydrogens is 226 g/mol. The molecule has 90 valence electrons. The summed E-state index contributed by atoms with van der Waals surface area (Å²) in [5.41, 5.74) is 0.348. The van der Waals surface area contributed by atoms with Crippen molar-refractivity contribution in [3.63, 3.8) is 0 Å². The van der Waals surface area contributed by atoms with Crippen LogP contribution in [-0.4, -0.2) is 23.1 Å². The number of nitrogens with zero attached hydrogens (tertiary/aromatic N) is 1. The lowest BCUT2D eigenvalue weighted by Gasteiger charge is -2.03.